The van der Waals surface area contributed by atoms with E-state index in [9.17, 15) is 0 Å². The number of hydrogen-bond donors (Lipinski definition) is 1. The van der Waals surface area contributed by atoms with Crippen molar-refractivity contribution in [1.82, 2.24) is 15.3 Å². The van der Waals surface area contributed by atoms with Crippen molar-refractivity contribution in [3.8, 4) is 0 Å². The summed E-state index contributed by atoms with van der Waals surface area (Å²) >= 11 is 0. The van der Waals surface area contributed by atoms with Gasteiger partial charge in [-0.05, 0) is 31.7 Å². The molecule has 0 radical (unpaired) electrons. The molecule has 1 aliphatic carbocycles. The first-order valence-corrected chi connectivity index (χ1v) is 6.70. The van der Waals surface area contributed by atoms with E-state index in [0.29, 0.717) is 12.0 Å². The lowest BCUT2D eigenvalue weighted by Gasteiger charge is -2.18. The molecule has 1 fully saturated rings. The second kappa shape index (κ2) is 5.76. The molecule has 1 aromatic rings. The van der Waals surface area contributed by atoms with E-state index in [1.165, 1.54) is 12.8 Å². The summed E-state index contributed by atoms with van der Waals surface area (Å²) in [5, 5.41) is 3.48. The van der Waals surface area contributed by atoms with Crippen LogP contribution in [0.25, 0.3) is 0 Å². The highest BCUT2D eigenvalue weighted by atomic mass is 16.5. The number of aryl methyl sites for hydroxylation is 1. The van der Waals surface area contributed by atoms with Crippen LogP contribution in [0.3, 0.4) is 0 Å². The van der Waals surface area contributed by atoms with Crippen molar-refractivity contribution >= 4 is 0 Å². The lowest BCUT2D eigenvalue weighted by atomic mass is 10.1. The molecule has 18 heavy (non-hydrogen) atoms. The fourth-order valence-corrected chi connectivity index (χ4v) is 2.09. The predicted molar refractivity (Wildman–Crippen MR) is 71.2 cm³/mol. The molecule has 0 spiro atoms. The Balaban J connectivity index is 2.13. The molecule has 1 atom stereocenters. The smallest absolute Gasteiger partial charge is 0.157 e. The van der Waals surface area contributed by atoms with Crippen LogP contribution in [-0.4, -0.2) is 23.1 Å². The molecule has 0 aliphatic heterocycles. The Hall–Kier alpha value is -1.00. The number of aromatic nitrogens is 2. The first-order valence-electron chi connectivity index (χ1n) is 6.70. The monoisotopic (exact) mass is 249 g/mol. The van der Waals surface area contributed by atoms with Gasteiger partial charge in [0.15, 0.2) is 5.82 Å². The van der Waals surface area contributed by atoms with Gasteiger partial charge in [-0.15, -0.1) is 0 Å². The van der Waals surface area contributed by atoms with E-state index < -0.39 is 0 Å². The molecule has 1 aliphatic rings. The second-order valence-electron chi connectivity index (χ2n) is 5.41. The van der Waals surface area contributed by atoms with E-state index in [0.717, 1.165) is 23.8 Å². The van der Waals surface area contributed by atoms with Gasteiger partial charge >= 0.3 is 0 Å². The highest BCUT2D eigenvalue weighted by molar-refractivity contribution is 5.12. The number of nitrogens with one attached hydrogen (secondary N) is 1. The van der Waals surface area contributed by atoms with Crippen LogP contribution in [0.5, 0.6) is 0 Å². The van der Waals surface area contributed by atoms with Gasteiger partial charge in [-0.1, -0.05) is 13.8 Å². The number of rotatable bonds is 6. The maximum Gasteiger partial charge on any atom is 0.157 e. The zero-order valence-electron chi connectivity index (χ0n) is 11.7. The van der Waals surface area contributed by atoms with Crippen molar-refractivity contribution in [2.24, 2.45) is 5.92 Å². The van der Waals surface area contributed by atoms with Crippen LogP contribution < -0.4 is 5.32 Å². The summed E-state index contributed by atoms with van der Waals surface area (Å²) in [5.74, 6) is 1.18. The molecule has 1 unspecified atom stereocenters. The van der Waals surface area contributed by atoms with E-state index in [4.69, 9.17) is 4.74 Å². The van der Waals surface area contributed by atoms with Gasteiger partial charge < -0.3 is 10.1 Å². The highest BCUT2D eigenvalue weighted by Gasteiger charge is 2.22. The van der Waals surface area contributed by atoms with Crippen LogP contribution in [-0.2, 0) is 11.3 Å². The summed E-state index contributed by atoms with van der Waals surface area (Å²) in [7, 11) is 1.72. The molecular formula is C14H23N3O. The molecule has 1 N–H and O–H groups in total. The minimum Gasteiger partial charge on any atom is -0.373 e. The quantitative estimate of drug-likeness (QED) is 0.841. The molecule has 0 aromatic carbocycles. The van der Waals surface area contributed by atoms with Gasteiger partial charge in [-0.2, -0.15) is 0 Å². The van der Waals surface area contributed by atoms with Gasteiger partial charge in [0.05, 0.1) is 5.69 Å². The normalized spacial score (nSPS) is 17.2. The molecule has 4 nitrogen and oxygen atoms in total. The Labute approximate surface area is 109 Å². The fourth-order valence-electron chi connectivity index (χ4n) is 2.09. The molecule has 0 amide bonds. The van der Waals surface area contributed by atoms with Crippen LogP contribution in [0.4, 0.5) is 0 Å². The summed E-state index contributed by atoms with van der Waals surface area (Å²) < 4.78 is 5.50. The standard InChI is InChI=1S/C14H23N3O/c1-9(2)13(18-4)14-16-10(3)7-12(17-14)8-15-11-5-6-11/h7,9,11,13,15H,5-6,8H2,1-4H3. The SMILES string of the molecule is COC(c1nc(C)cc(CNC2CC2)n1)C(C)C. The van der Waals surface area contributed by atoms with Crippen LogP contribution >= 0.6 is 0 Å². The molecule has 0 bridgehead atoms. The maximum atomic E-state index is 5.50. The van der Waals surface area contributed by atoms with E-state index in [1.807, 2.05) is 13.0 Å². The predicted octanol–water partition coefficient (Wildman–Crippen LogP) is 2.38. The Kier molecular flexibility index (Phi) is 4.30. The maximum absolute atomic E-state index is 5.50. The highest BCUT2D eigenvalue weighted by Crippen LogP contribution is 2.23. The Morgan fingerprint density at radius 3 is 2.67 bits per heavy atom. The van der Waals surface area contributed by atoms with Crippen LogP contribution in [0.1, 0.15) is 50.0 Å². The second-order valence-corrected chi connectivity index (χ2v) is 5.41. The summed E-state index contributed by atoms with van der Waals surface area (Å²) in [4.78, 5) is 9.13. The Bertz CT molecular complexity index is 402. The van der Waals surface area contributed by atoms with E-state index in [2.05, 4.69) is 29.1 Å². The van der Waals surface area contributed by atoms with Crippen LogP contribution in [0, 0.1) is 12.8 Å². The molecule has 2 rings (SSSR count). The van der Waals surface area contributed by atoms with Gasteiger partial charge in [0.1, 0.15) is 6.10 Å². The third-order valence-electron chi connectivity index (χ3n) is 3.19. The third-order valence-corrected chi connectivity index (χ3v) is 3.19. The van der Waals surface area contributed by atoms with Crippen molar-refractivity contribution < 1.29 is 4.74 Å². The summed E-state index contributed by atoms with van der Waals surface area (Å²) in [5.41, 5.74) is 2.07. The summed E-state index contributed by atoms with van der Waals surface area (Å²) in [6.07, 6.45) is 2.57. The fraction of sp³-hybridized carbons (Fsp3) is 0.714. The van der Waals surface area contributed by atoms with Crippen molar-refractivity contribution in [1.29, 1.82) is 0 Å². The lowest BCUT2D eigenvalue weighted by Crippen LogP contribution is -2.19. The number of ether oxygens (including phenoxy) is 1. The lowest BCUT2D eigenvalue weighted by molar-refractivity contribution is 0.0571. The largest absolute Gasteiger partial charge is 0.373 e. The van der Waals surface area contributed by atoms with Crippen molar-refractivity contribution in [2.75, 3.05) is 7.11 Å². The molecular weight excluding hydrogens is 226 g/mol. The van der Waals surface area contributed by atoms with E-state index >= 15 is 0 Å². The summed E-state index contributed by atoms with van der Waals surface area (Å²) in [6, 6.07) is 2.75. The van der Waals surface area contributed by atoms with Crippen LogP contribution in [0.15, 0.2) is 6.07 Å². The third kappa shape index (κ3) is 3.50. The molecule has 4 heteroatoms. The Morgan fingerprint density at radius 2 is 2.11 bits per heavy atom. The minimum absolute atomic E-state index is 0.0235. The van der Waals surface area contributed by atoms with Crippen molar-refractivity contribution in [3.05, 3.63) is 23.3 Å². The topological polar surface area (TPSA) is 47.0 Å². The molecule has 100 valence electrons. The number of hydrogen-bond acceptors (Lipinski definition) is 4. The van der Waals surface area contributed by atoms with E-state index in [-0.39, 0.29) is 6.10 Å². The molecule has 1 saturated carbocycles. The molecule has 0 saturated heterocycles. The minimum atomic E-state index is -0.0235. The van der Waals surface area contributed by atoms with Gasteiger partial charge in [0.2, 0.25) is 0 Å². The summed E-state index contributed by atoms with van der Waals surface area (Å²) in [6.45, 7) is 7.10. The zero-order chi connectivity index (χ0) is 13.1. The Morgan fingerprint density at radius 1 is 1.39 bits per heavy atom. The van der Waals surface area contributed by atoms with Gasteiger partial charge in [-0.3, -0.25) is 0 Å². The average molecular weight is 249 g/mol. The number of methoxy groups -OCH3 is 1. The molecule has 1 aromatic heterocycles. The first kappa shape index (κ1) is 13.4. The first-order chi connectivity index (χ1) is 8.60. The van der Waals surface area contributed by atoms with Crippen LogP contribution in [0.2, 0.25) is 0 Å². The van der Waals surface area contributed by atoms with Crippen molar-refractivity contribution in [2.45, 2.75) is 52.3 Å². The van der Waals surface area contributed by atoms with Gasteiger partial charge in [0.25, 0.3) is 0 Å². The molecule has 1 heterocycles. The average Bonchev–Trinajstić information content (AvgIpc) is 3.10. The number of nitrogens with zero attached hydrogens (tertiary/aromatic N) is 2. The van der Waals surface area contributed by atoms with E-state index in [1.54, 1.807) is 7.11 Å². The van der Waals surface area contributed by atoms with Gasteiger partial charge in [0, 0.05) is 25.4 Å². The van der Waals surface area contributed by atoms with Gasteiger partial charge in [-0.25, -0.2) is 9.97 Å². The zero-order valence-corrected chi connectivity index (χ0v) is 11.7. The van der Waals surface area contributed by atoms with Crippen molar-refractivity contribution in [3.63, 3.8) is 0 Å².